The Balaban J connectivity index is 2.84. The third-order valence-corrected chi connectivity index (χ3v) is 1.80. The van der Waals surface area contributed by atoms with E-state index in [0.29, 0.717) is 0 Å². The molecule has 1 N–H and O–H groups in total. The molecular formula is C8H13NO. The van der Waals surface area contributed by atoms with Gasteiger partial charge in [0, 0.05) is 6.54 Å². The summed E-state index contributed by atoms with van der Waals surface area (Å²) >= 11 is 0. The van der Waals surface area contributed by atoms with Crippen LogP contribution in [0.25, 0.3) is 0 Å². The Labute approximate surface area is 61.3 Å². The van der Waals surface area contributed by atoms with Crippen LogP contribution in [0.5, 0.6) is 0 Å². The molecule has 0 fully saturated rings. The molecule has 0 saturated carbocycles. The number of carbonyl (C=O) groups is 1. The highest BCUT2D eigenvalue weighted by Crippen LogP contribution is 2.11. The van der Waals surface area contributed by atoms with E-state index in [1.54, 1.807) is 6.08 Å². The standard InChI is InChI=1S/C8H13NO/c1-6-4-7(10)8(2,3)9-5-6/h4,9H,5H2,1-3H3. The fourth-order valence-corrected chi connectivity index (χ4v) is 0.903. The number of hydrogen-bond acceptors (Lipinski definition) is 2. The van der Waals surface area contributed by atoms with E-state index in [2.05, 4.69) is 5.32 Å². The van der Waals surface area contributed by atoms with Crippen molar-refractivity contribution in [1.82, 2.24) is 5.32 Å². The molecule has 1 aliphatic rings. The minimum Gasteiger partial charge on any atom is -0.301 e. The Hall–Kier alpha value is -0.630. The second-order valence-electron chi connectivity index (χ2n) is 3.33. The SMILES string of the molecule is CC1=CC(=O)C(C)(C)NC1. The van der Waals surface area contributed by atoms with Gasteiger partial charge < -0.3 is 5.32 Å². The molecule has 0 unspecified atom stereocenters. The predicted octanol–water partition coefficient (Wildman–Crippen LogP) is 0.884. The Morgan fingerprint density at radius 2 is 2.20 bits per heavy atom. The zero-order valence-electron chi connectivity index (χ0n) is 6.69. The minimum atomic E-state index is -0.348. The topological polar surface area (TPSA) is 29.1 Å². The molecule has 2 nitrogen and oxygen atoms in total. The Morgan fingerprint density at radius 3 is 2.60 bits per heavy atom. The van der Waals surface area contributed by atoms with Gasteiger partial charge in [-0.05, 0) is 26.8 Å². The third-order valence-electron chi connectivity index (χ3n) is 1.80. The first-order valence-electron chi connectivity index (χ1n) is 3.49. The molecule has 0 atom stereocenters. The van der Waals surface area contributed by atoms with Crippen LogP contribution in [0.3, 0.4) is 0 Å². The van der Waals surface area contributed by atoms with E-state index in [1.807, 2.05) is 20.8 Å². The number of carbonyl (C=O) groups excluding carboxylic acids is 1. The van der Waals surface area contributed by atoms with Crippen LogP contribution in [0, 0.1) is 0 Å². The number of rotatable bonds is 0. The average Bonchev–Trinajstić information content (AvgIpc) is 1.81. The van der Waals surface area contributed by atoms with Gasteiger partial charge in [-0.25, -0.2) is 0 Å². The van der Waals surface area contributed by atoms with Gasteiger partial charge in [-0.3, -0.25) is 4.79 Å². The van der Waals surface area contributed by atoms with Crippen molar-refractivity contribution < 1.29 is 4.79 Å². The van der Waals surface area contributed by atoms with Crippen molar-refractivity contribution in [3.63, 3.8) is 0 Å². The quantitative estimate of drug-likeness (QED) is 0.540. The molecule has 56 valence electrons. The highest BCUT2D eigenvalue weighted by Gasteiger charge is 2.27. The second kappa shape index (κ2) is 2.20. The fraction of sp³-hybridized carbons (Fsp3) is 0.625. The Morgan fingerprint density at radius 1 is 1.60 bits per heavy atom. The van der Waals surface area contributed by atoms with Crippen molar-refractivity contribution in [2.75, 3.05) is 6.54 Å². The van der Waals surface area contributed by atoms with E-state index in [9.17, 15) is 4.79 Å². The highest BCUT2D eigenvalue weighted by atomic mass is 16.1. The van der Waals surface area contributed by atoms with Crippen molar-refractivity contribution in [3.05, 3.63) is 11.6 Å². The lowest BCUT2D eigenvalue weighted by Crippen LogP contribution is -2.49. The summed E-state index contributed by atoms with van der Waals surface area (Å²) in [6.07, 6.45) is 1.72. The lowest BCUT2D eigenvalue weighted by molar-refractivity contribution is -0.119. The largest absolute Gasteiger partial charge is 0.301 e. The summed E-state index contributed by atoms with van der Waals surface area (Å²) in [7, 11) is 0. The molecule has 1 rings (SSSR count). The molecule has 0 spiro atoms. The average molecular weight is 139 g/mol. The van der Waals surface area contributed by atoms with Crippen molar-refractivity contribution in [3.8, 4) is 0 Å². The highest BCUT2D eigenvalue weighted by molar-refractivity contribution is 5.98. The monoisotopic (exact) mass is 139 g/mol. The molecule has 2 heteroatoms. The number of nitrogens with one attached hydrogen (secondary N) is 1. The molecule has 10 heavy (non-hydrogen) atoms. The van der Waals surface area contributed by atoms with Crippen LogP contribution in [0.15, 0.2) is 11.6 Å². The maximum atomic E-state index is 11.2. The second-order valence-corrected chi connectivity index (χ2v) is 3.33. The van der Waals surface area contributed by atoms with E-state index in [1.165, 1.54) is 0 Å². The molecule has 1 heterocycles. The predicted molar refractivity (Wildman–Crippen MR) is 40.8 cm³/mol. The van der Waals surface area contributed by atoms with Crippen LogP contribution in [0.1, 0.15) is 20.8 Å². The van der Waals surface area contributed by atoms with Crippen LogP contribution < -0.4 is 5.32 Å². The van der Waals surface area contributed by atoms with Gasteiger partial charge >= 0.3 is 0 Å². The van der Waals surface area contributed by atoms with Gasteiger partial charge in [-0.2, -0.15) is 0 Å². The smallest absolute Gasteiger partial charge is 0.175 e. The van der Waals surface area contributed by atoms with E-state index in [4.69, 9.17) is 0 Å². The summed E-state index contributed by atoms with van der Waals surface area (Å²) in [6, 6.07) is 0. The normalized spacial score (nSPS) is 24.3. The van der Waals surface area contributed by atoms with Crippen LogP contribution in [-0.2, 0) is 4.79 Å². The summed E-state index contributed by atoms with van der Waals surface area (Å²) in [4.78, 5) is 11.2. The summed E-state index contributed by atoms with van der Waals surface area (Å²) in [5, 5.41) is 3.14. The van der Waals surface area contributed by atoms with Crippen LogP contribution in [0.2, 0.25) is 0 Å². The van der Waals surface area contributed by atoms with Gasteiger partial charge in [0.15, 0.2) is 5.78 Å². The van der Waals surface area contributed by atoms with Crippen molar-refractivity contribution >= 4 is 5.78 Å². The third kappa shape index (κ3) is 1.27. The molecule has 0 aromatic heterocycles. The van der Waals surface area contributed by atoms with E-state index < -0.39 is 0 Å². The first-order chi connectivity index (χ1) is 4.52. The summed E-state index contributed by atoms with van der Waals surface area (Å²) < 4.78 is 0. The first-order valence-corrected chi connectivity index (χ1v) is 3.49. The first kappa shape index (κ1) is 7.48. The van der Waals surface area contributed by atoms with Gasteiger partial charge in [0.05, 0.1) is 5.54 Å². The van der Waals surface area contributed by atoms with Gasteiger partial charge in [-0.15, -0.1) is 0 Å². The lowest BCUT2D eigenvalue weighted by Gasteiger charge is -2.27. The van der Waals surface area contributed by atoms with Crippen molar-refractivity contribution in [2.45, 2.75) is 26.3 Å². The lowest BCUT2D eigenvalue weighted by atomic mass is 9.93. The van der Waals surface area contributed by atoms with Gasteiger partial charge in [0.1, 0.15) is 0 Å². The molecular weight excluding hydrogens is 126 g/mol. The van der Waals surface area contributed by atoms with Crippen molar-refractivity contribution in [1.29, 1.82) is 0 Å². The van der Waals surface area contributed by atoms with E-state index in [-0.39, 0.29) is 11.3 Å². The maximum absolute atomic E-state index is 11.2. The van der Waals surface area contributed by atoms with Crippen LogP contribution in [0.4, 0.5) is 0 Å². The Bertz CT molecular complexity index is 191. The van der Waals surface area contributed by atoms with E-state index in [0.717, 1.165) is 12.1 Å². The van der Waals surface area contributed by atoms with Crippen LogP contribution in [-0.4, -0.2) is 17.9 Å². The molecule has 0 aromatic carbocycles. The molecule has 0 saturated heterocycles. The number of hydrogen-bond donors (Lipinski definition) is 1. The van der Waals surface area contributed by atoms with E-state index >= 15 is 0 Å². The van der Waals surface area contributed by atoms with Crippen LogP contribution >= 0.6 is 0 Å². The summed E-state index contributed by atoms with van der Waals surface area (Å²) in [5.41, 5.74) is 0.767. The number of ketones is 1. The molecule has 0 aliphatic carbocycles. The van der Waals surface area contributed by atoms with Gasteiger partial charge in [0.25, 0.3) is 0 Å². The zero-order chi connectivity index (χ0) is 7.78. The molecule has 1 aliphatic heterocycles. The van der Waals surface area contributed by atoms with Gasteiger partial charge in [0.2, 0.25) is 0 Å². The maximum Gasteiger partial charge on any atom is 0.175 e. The van der Waals surface area contributed by atoms with Gasteiger partial charge in [-0.1, -0.05) is 5.57 Å². The molecule has 0 aromatic rings. The van der Waals surface area contributed by atoms with Crippen molar-refractivity contribution in [2.24, 2.45) is 0 Å². The molecule has 0 radical (unpaired) electrons. The fourth-order valence-electron chi connectivity index (χ4n) is 0.903. The Kier molecular flexibility index (Phi) is 1.65. The summed E-state index contributed by atoms with van der Waals surface area (Å²) in [5.74, 6) is 0.177. The minimum absolute atomic E-state index is 0.177. The molecule has 0 amide bonds. The molecule has 0 bridgehead atoms. The zero-order valence-corrected chi connectivity index (χ0v) is 6.69. The summed E-state index contributed by atoms with van der Waals surface area (Å²) in [6.45, 7) is 6.59.